The van der Waals surface area contributed by atoms with Crippen molar-refractivity contribution in [1.82, 2.24) is 9.99 Å². The van der Waals surface area contributed by atoms with E-state index in [1.165, 1.54) is 10.6 Å². The summed E-state index contributed by atoms with van der Waals surface area (Å²) >= 11 is 12.6. The second-order valence-electron chi connectivity index (χ2n) is 9.67. The number of aromatic nitrogens is 1. The van der Waals surface area contributed by atoms with Crippen LogP contribution in [0.5, 0.6) is 0 Å². The van der Waals surface area contributed by atoms with E-state index in [9.17, 15) is 13.2 Å². The lowest BCUT2D eigenvalue weighted by atomic mass is 10.1. The summed E-state index contributed by atoms with van der Waals surface area (Å²) in [6.07, 6.45) is 2.76. The Morgan fingerprint density at radius 3 is 2.33 bits per heavy atom. The molecule has 1 amide bonds. The molecule has 0 unspecified atom stereocenters. The van der Waals surface area contributed by atoms with E-state index in [0.717, 1.165) is 39.3 Å². The van der Waals surface area contributed by atoms with Crippen LogP contribution in [0.3, 0.4) is 0 Å². The van der Waals surface area contributed by atoms with Crippen molar-refractivity contribution in [2.24, 2.45) is 5.10 Å². The fourth-order valence-corrected chi connectivity index (χ4v) is 5.65. The van der Waals surface area contributed by atoms with Crippen LogP contribution < -0.4 is 9.73 Å². The molecule has 0 saturated heterocycles. The minimum absolute atomic E-state index is 0.146. The first kappa shape index (κ1) is 29.4. The molecule has 3 aromatic carbocycles. The molecule has 0 saturated carbocycles. The lowest BCUT2D eigenvalue weighted by Gasteiger charge is -2.23. The Balaban J connectivity index is 1.46. The fraction of sp³-hybridized carbons (Fsp3) is 0.200. The number of hydrogen-bond donors (Lipinski definition) is 1. The van der Waals surface area contributed by atoms with Crippen molar-refractivity contribution in [1.29, 1.82) is 0 Å². The number of rotatable bonds is 8. The smallest absolute Gasteiger partial charge is 0.271 e. The molecule has 4 aromatic rings. The van der Waals surface area contributed by atoms with E-state index < -0.39 is 10.0 Å². The molecule has 1 N–H and O–H groups in total. The maximum absolute atomic E-state index is 12.7. The monoisotopic (exact) mass is 596 g/mol. The molecule has 1 aromatic heterocycles. The molecule has 10 heteroatoms. The van der Waals surface area contributed by atoms with Crippen LogP contribution >= 0.6 is 23.2 Å². The number of anilines is 1. The number of hydrazone groups is 1. The van der Waals surface area contributed by atoms with E-state index in [1.54, 1.807) is 42.6 Å². The van der Waals surface area contributed by atoms with Crippen LogP contribution in [-0.4, -0.2) is 31.4 Å². The topological polar surface area (TPSA) is 83.8 Å². The van der Waals surface area contributed by atoms with Crippen molar-refractivity contribution in [3.8, 4) is 5.69 Å². The van der Waals surface area contributed by atoms with Gasteiger partial charge in [0.25, 0.3) is 5.91 Å². The predicted octanol–water partition coefficient (Wildman–Crippen LogP) is 6.75. The Labute approximate surface area is 245 Å². The molecule has 0 bridgehead atoms. The van der Waals surface area contributed by atoms with Crippen LogP contribution in [0.15, 0.2) is 71.8 Å². The minimum Gasteiger partial charge on any atom is -0.316 e. The van der Waals surface area contributed by atoms with Gasteiger partial charge in [0.1, 0.15) is 0 Å². The molecular weight excluding hydrogens is 567 g/mol. The molecular formula is C30H30Cl2N4O3S. The average molecular weight is 598 g/mol. The van der Waals surface area contributed by atoms with Crippen LogP contribution in [-0.2, 0) is 16.6 Å². The van der Waals surface area contributed by atoms with Crippen LogP contribution in [0.4, 0.5) is 5.69 Å². The van der Waals surface area contributed by atoms with Gasteiger partial charge in [-0.1, -0.05) is 47.5 Å². The van der Waals surface area contributed by atoms with Crippen molar-refractivity contribution in [3.63, 3.8) is 0 Å². The number of carbonyl (C=O) groups excluding carboxylic acids is 1. The number of carbonyl (C=O) groups is 1. The summed E-state index contributed by atoms with van der Waals surface area (Å²) in [4.78, 5) is 12.7. The molecule has 208 valence electrons. The van der Waals surface area contributed by atoms with Gasteiger partial charge in [-0.2, -0.15) is 5.10 Å². The van der Waals surface area contributed by atoms with E-state index in [0.29, 0.717) is 21.3 Å². The summed E-state index contributed by atoms with van der Waals surface area (Å²) in [5, 5.41) is 5.07. The van der Waals surface area contributed by atoms with Gasteiger partial charge in [0.2, 0.25) is 10.0 Å². The second-order valence-corrected chi connectivity index (χ2v) is 12.4. The number of sulfonamides is 1. The van der Waals surface area contributed by atoms with E-state index in [1.807, 2.05) is 62.6 Å². The average Bonchev–Trinajstić information content (AvgIpc) is 3.18. The number of halogens is 2. The summed E-state index contributed by atoms with van der Waals surface area (Å²) in [6.45, 7) is 7.96. The number of nitrogens with zero attached hydrogens (tertiary/aromatic N) is 3. The number of nitrogens with one attached hydrogen (secondary N) is 1. The Kier molecular flexibility index (Phi) is 8.73. The summed E-state index contributed by atoms with van der Waals surface area (Å²) in [5.41, 5.74) is 9.80. The Bertz CT molecular complexity index is 1710. The van der Waals surface area contributed by atoms with Crippen LogP contribution in [0.2, 0.25) is 10.0 Å². The first-order valence-corrected chi connectivity index (χ1v) is 15.1. The van der Waals surface area contributed by atoms with Crippen molar-refractivity contribution < 1.29 is 13.2 Å². The SMILES string of the molecule is Cc1ccc(N(Cc2ccc(C(=O)N/N=C/c3cc(C)n(-c4cccc(Cl)c4Cl)c3C)cc2)S(C)(=O)=O)cc1C. The zero-order chi connectivity index (χ0) is 29.2. The lowest BCUT2D eigenvalue weighted by molar-refractivity contribution is 0.0955. The van der Waals surface area contributed by atoms with Crippen molar-refractivity contribution >= 4 is 51.0 Å². The minimum atomic E-state index is -3.52. The summed E-state index contributed by atoms with van der Waals surface area (Å²) in [7, 11) is -3.52. The highest BCUT2D eigenvalue weighted by atomic mass is 35.5. The van der Waals surface area contributed by atoms with Gasteiger partial charge in [-0.05, 0) is 86.8 Å². The molecule has 0 aliphatic carbocycles. The van der Waals surface area contributed by atoms with Crippen molar-refractivity contribution in [2.75, 3.05) is 10.6 Å². The van der Waals surface area contributed by atoms with Crippen LogP contribution in [0.1, 0.15) is 44.0 Å². The second kappa shape index (κ2) is 11.9. The maximum Gasteiger partial charge on any atom is 0.271 e. The summed E-state index contributed by atoms with van der Waals surface area (Å²) in [6, 6.07) is 19.7. The summed E-state index contributed by atoms with van der Waals surface area (Å²) < 4.78 is 28.4. The molecule has 0 atom stereocenters. The third-order valence-electron chi connectivity index (χ3n) is 6.73. The molecule has 1 heterocycles. The van der Waals surface area contributed by atoms with Crippen molar-refractivity contribution in [3.05, 3.63) is 116 Å². The standard InChI is InChI=1S/C30H30Cl2N4O3S/c1-19-9-14-26(15-20(19)2)35(40(5,38)39)18-23-10-12-24(13-11-23)30(37)34-33-17-25-16-21(3)36(22(25)4)28-8-6-7-27(31)29(28)32/h6-17H,18H2,1-5H3,(H,34,37)/b33-17+. The third kappa shape index (κ3) is 6.41. The van der Waals surface area contributed by atoms with E-state index in [4.69, 9.17) is 23.2 Å². The molecule has 0 aliphatic rings. The predicted molar refractivity (Wildman–Crippen MR) is 164 cm³/mol. The van der Waals surface area contributed by atoms with Gasteiger partial charge in [-0.3, -0.25) is 9.10 Å². The third-order valence-corrected chi connectivity index (χ3v) is 8.68. The van der Waals surface area contributed by atoms with Gasteiger partial charge in [0.05, 0.1) is 40.4 Å². The van der Waals surface area contributed by atoms with Gasteiger partial charge in [-0.25, -0.2) is 13.8 Å². The molecule has 0 spiro atoms. The Hall–Kier alpha value is -3.59. The molecule has 4 rings (SSSR count). The van der Waals surface area contributed by atoms with Gasteiger partial charge in [-0.15, -0.1) is 0 Å². The molecule has 7 nitrogen and oxygen atoms in total. The Morgan fingerprint density at radius 2 is 1.68 bits per heavy atom. The van der Waals surface area contributed by atoms with Crippen LogP contribution in [0, 0.1) is 27.7 Å². The number of aryl methyl sites for hydroxylation is 3. The zero-order valence-corrected chi connectivity index (χ0v) is 25.2. The molecule has 0 aliphatic heterocycles. The lowest BCUT2D eigenvalue weighted by Crippen LogP contribution is -2.29. The van der Waals surface area contributed by atoms with Crippen LogP contribution in [0.25, 0.3) is 5.69 Å². The van der Waals surface area contributed by atoms with Gasteiger partial charge in [0, 0.05) is 22.5 Å². The first-order valence-electron chi connectivity index (χ1n) is 12.5. The van der Waals surface area contributed by atoms with Crippen molar-refractivity contribution in [2.45, 2.75) is 34.2 Å². The maximum atomic E-state index is 12.7. The van der Waals surface area contributed by atoms with E-state index >= 15 is 0 Å². The molecule has 0 radical (unpaired) electrons. The highest BCUT2D eigenvalue weighted by Gasteiger charge is 2.19. The zero-order valence-electron chi connectivity index (χ0n) is 22.9. The van der Waals surface area contributed by atoms with E-state index in [2.05, 4.69) is 10.5 Å². The fourth-order valence-electron chi connectivity index (χ4n) is 4.39. The summed E-state index contributed by atoms with van der Waals surface area (Å²) in [5.74, 6) is -0.386. The first-order chi connectivity index (χ1) is 18.9. The van der Waals surface area contributed by atoms with Gasteiger partial charge < -0.3 is 4.57 Å². The van der Waals surface area contributed by atoms with Gasteiger partial charge >= 0.3 is 0 Å². The van der Waals surface area contributed by atoms with E-state index in [-0.39, 0.29) is 12.5 Å². The van der Waals surface area contributed by atoms with Gasteiger partial charge in [0.15, 0.2) is 0 Å². The quantitative estimate of drug-likeness (QED) is 0.180. The molecule has 0 fully saturated rings. The molecule has 40 heavy (non-hydrogen) atoms. The number of hydrogen-bond acceptors (Lipinski definition) is 4. The largest absolute Gasteiger partial charge is 0.316 e. The Morgan fingerprint density at radius 1 is 0.975 bits per heavy atom. The highest BCUT2D eigenvalue weighted by molar-refractivity contribution is 7.92. The number of benzene rings is 3. The highest BCUT2D eigenvalue weighted by Crippen LogP contribution is 2.31. The number of amides is 1. The normalized spacial score (nSPS) is 11.7.